The molecule has 0 radical (unpaired) electrons. The normalized spacial score (nSPS) is 19.3. The van der Waals surface area contributed by atoms with Crippen molar-refractivity contribution in [2.75, 3.05) is 18.1 Å². The van der Waals surface area contributed by atoms with Crippen molar-refractivity contribution in [3.05, 3.63) is 0 Å². The minimum atomic E-state index is 0.357. The zero-order valence-electron chi connectivity index (χ0n) is 8.25. The van der Waals surface area contributed by atoms with E-state index >= 15 is 0 Å². The molecule has 0 aromatic rings. The van der Waals surface area contributed by atoms with Gasteiger partial charge in [0.25, 0.3) is 0 Å². The summed E-state index contributed by atoms with van der Waals surface area (Å²) >= 11 is 1.91. The zero-order chi connectivity index (χ0) is 9.52. The molecular weight excluding hydrogens is 184 g/mol. The molecule has 0 aromatic heterocycles. The van der Waals surface area contributed by atoms with Gasteiger partial charge in [0.15, 0.2) is 0 Å². The smallest absolute Gasteiger partial charge is 0.133 e. The van der Waals surface area contributed by atoms with Crippen LogP contribution in [-0.4, -0.2) is 30.0 Å². The second-order valence-electron chi connectivity index (χ2n) is 3.31. The molecule has 0 N–H and O–H groups in total. The van der Waals surface area contributed by atoms with Gasteiger partial charge in [-0.1, -0.05) is 6.92 Å². The van der Waals surface area contributed by atoms with Crippen molar-refractivity contribution in [2.24, 2.45) is 0 Å². The summed E-state index contributed by atoms with van der Waals surface area (Å²) in [7, 11) is 0. The topological polar surface area (TPSA) is 26.3 Å². The maximum atomic E-state index is 10.9. The Hall–Kier alpha value is -0.0200. The molecule has 1 aliphatic rings. The van der Waals surface area contributed by atoms with E-state index in [0.717, 1.165) is 43.8 Å². The number of thioether (sulfide) groups is 1. The number of Topliss-reactive ketones (excluding diaryl/α,β-unsaturated/α-hetero) is 1. The highest BCUT2D eigenvalue weighted by Gasteiger charge is 2.18. The van der Waals surface area contributed by atoms with Gasteiger partial charge in [-0.25, -0.2) is 0 Å². The van der Waals surface area contributed by atoms with Crippen molar-refractivity contribution in [3.8, 4) is 0 Å². The molecule has 0 heterocycles. The van der Waals surface area contributed by atoms with Crippen LogP contribution in [0.15, 0.2) is 0 Å². The third-order valence-corrected chi connectivity index (χ3v) is 3.14. The Balaban J connectivity index is 1.99. The first kappa shape index (κ1) is 11.1. The molecule has 0 amide bonds. The van der Waals surface area contributed by atoms with Crippen LogP contribution in [0.1, 0.15) is 32.6 Å². The molecule has 0 unspecified atom stereocenters. The molecule has 3 heteroatoms. The predicted octanol–water partition coefficient (Wildman–Crippen LogP) is 2.27. The highest BCUT2D eigenvalue weighted by molar-refractivity contribution is 7.99. The summed E-state index contributed by atoms with van der Waals surface area (Å²) in [6.45, 7) is 3.00. The fourth-order valence-electron chi connectivity index (χ4n) is 1.50. The molecule has 1 saturated carbocycles. The summed E-state index contributed by atoms with van der Waals surface area (Å²) in [5, 5.41) is 0. The van der Waals surface area contributed by atoms with Crippen LogP contribution in [-0.2, 0) is 9.53 Å². The summed E-state index contributed by atoms with van der Waals surface area (Å²) in [4.78, 5) is 10.9. The van der Waals surface area contributed by atoms with E-state index in [-0.39, 0.29) is 0 Å². The molecule has 2 nitrogen and oxygen atoms in total. The number of carbonyl (C=O) groups excluding carboxylic acids is 1. The number of carbonyl (C=O) groups is 1. The van der Waals surface area contributed by atoms with E-state index in [9.17, 15) is 4.79 Å². The molecule has 1 rings (SSSR count). The lowest BCUT2D eigenvalue weighted by molar-refractivity contribution is -0.122. The van der Waals surface area contributed by atoms with E-state index in [1.165, 1.54) is 0 Å². The van der Waals surface area contributed by atoms with Gasteiger partial charge in [-0.15, -0.1) is 0 Å². The second-order valence-corrected chi connectivity index (χ2v) is 4.70. The average Bonchev–Trinajstić information content (AvgIpc) is 2.15. The van der Waals surface area contributed by atoms with Crippen molar-refractivity contribution in [3.63, 3.8) is 0 Å². The van der Waals surface area contributed by atoms with E-state index in [2.05, 4.69) is 6.92 Å². The van der Waals surface area contributed by atoms with Crippen molar-refractivity contribution in [1.29, 1.82) is 0 Å². The molecule has 1 fully saturated rings. The maximum absolute atomic E-state index is 10.9. The first-order chi connectivity index (χ1) is 6.33. The van der Waals surface area contributed by atoms with E-state index in [1.54, 1.807) is 0 Å². The maximum Gasteiger partial charge on any atom is 0.133 e. The van der Waals surface area contributed by atoms with Crippen molar-refractivity contribution < 1.29 is 9.53 Å². The van der Waals surface area contributed by atoms with Crippen molar-refractivity contribution in [2.45, 2.75) is 38.7 Å². The molecule has 76 valence electrons. The molecule has 0 saturated heterocycles. The fourth-order valence-corrected chi connectivity index (χ4v) is 2.00. The minimum Gasteiger partial charge on any atom is -0.377 e. The molecule has 1 aliphatic carbocycles. The molecule has 0 bridgehead atoms. The van der Waals surface area contributed by atoms with Gasteiger partial charge in [-0.3, -0.25) is 4.79 Å². The lowest BCUT2D eigenvalue weighted by atomic mass is 9.97. The quantitative estimate of drug-likeness (QED) is 0.640. The Morgan fingerprint density at radius 3 is 2.77 bits per heavy atom. The van der Waals surface area contributed by atoms with Crippen LogP contribution in [0, 0.1) is 0 Å². The Bertz CT molecular complexity index is 149. The number of ketones is 1. The Kier molecular flexibility index (Phi) is 5.47. The summed E-state index contributed by atoms with van der Waals surface area (Å²) in [5.41, 5.74) is 0. The van der Waals surface area contributed by atoms with Crippen LogP contribution in [0.25, 0.3) is 0 Å². The monoisotopic (exact) mass is 202 g/mol. The van der Waals surface area contributed by atoms with Gasteiger partial charge in [0.05, 0.1) is 12.7 Å². The van der Waals surface area contributed by atoms with Crippen molar-refractivity contribution in [1.82, 2.24) is 0 Å². The van der Waals surface area contributed by atoms with E-state index in [4.69, 9.17) is 4.74 Å². The average molecular weight is 202 g/mol. The van der Waals surface area contributed by atoms with Crippen LogP contribution < -0.4 is 0 Å². The second kappa shape index (κ2) is 6.44. The van der Waals surface area contributed by atoms with Crippen molar-refractivity contribution >= 4 is 17.5 Å². The minimum absolute atomic E-state index is 0.357. The van der Waals surface area contributed by atoms with Gasteiger partial charge in [-0.2, -0.15) is 11.8 Å². The lowest BCUT2D eigenvalue weighted by Crippen LogP contribution is -2.22. The molecule has 0 atom stereocenters. The number of hydrogen-bond donors (Lipinski definition) is 0. The Morgan fingerprint density at radius 2 is 2.15 bits per heavy atom. The van der Waals surface area contributed by atoms with Gasteiger partial charge in [0.1, 0.15) is 5.78 Å². The summed E-state index contributed by atoms with van der Waals surface area (Å²) < 4.78 is 5.66. The predicted molar refractivity (Wildman–Crippen MR) is 56.2 cm³/mol. The zero-order valence-corrected chi connectivity index (χ0v) is 9.07. The number of rotatable bonds is 5. The number of hydrogen-bond acceptors (Lipinski definition) is 3. The number of ether oxygens (including phenoxy) is 1. The molecule has 0 spiro atoms. The molecular formula is C10H18O2S. The summed E-state index contributed by atoms with van der Waals surface area (Å²) in [5.74, 6) is 2.65. The van der Waals surface area contributed by atoms with E-state index in [0.29, 0.717) is 11.9 Å². The molecule has 13 heavy (non-hydrogen) atoms. The SMILES string of the molecule is CCSCCOC1CCC(=O)CC1. The Labute approximate surface area is 84.4 Å². The third kappa shape index (κ3) is 4.67. The summed E-state index contributed by atoms with van der Waals surface area (Å²) in [6, 6.07) is 0. The van der Waals surface area contributed by atoms with Gasteiger partial charge in [0, 0.05) is 18.6 Å². The van der Waals surface area contributed by atoms with Crippen LogP contribution in [0.4, 0.5) is 0 Å². The lowest BCUT2D eigenvalue weighted by Gasteiger charge is -2.21. The third-order valence-electron chi connectivity index (χ3n) is 2.28. The van der Waals surface area contributed by atoms with E-state index in [1.807, 2.05) is 11.8 Å². The van der Waals surface area contributed by atoms with Gasteiger partial charge in [0.2, 0.25) is 0 Å². The van der Waals surface area contributed by atoms with Crippen LogP contribution in [0.3, 0.4) is 0 Å². The first-order valence-corrected chi connectivity index (χ1v) is 6.19. The Morgan fingerprint density at radius 1 is 1.46 bits per heavy atom. The fraction of sp³-hybridized carbons (Fsp3) is 0.900. The standard InChI is InChI=1S/C10H18O2S/c1-2-13-8-7-12-10-5-3-9(11)4-6-10/h10H,2-8H2,1H3. The van der Waals surface area contributed by atoms with Gasteiger partial charge >= 0.3 is 0 Å². The van der Waals surface area contributed by atoms with Crippen LogP contribution in [0.5, 0.6) is 0 Å². The summed E-state index contributed by atoms with van der Waals surface area (Å²) in [6.07, 6.45) is 3.69. The highest BCUT2D eigenvalue weighted by atomic mass is 32.2. The molecule has 0 aliphatic heterocycles. The molecule has 0 aromatic carbocycles. The van der Waals surface area contributed by atoms with Gasteiger partial charge < -0.3 is 4.74 Å². The van der Waals surface area contributed by atoms with Gasteiger partial charge in [-0.05, 0) is 18.6 Å². The van der Waals surface area contributed by atoms with Crippen LogP contribution >= 0.6 is 11.8 Å². The van der Waals surface area contributed by atoms with E-state index < -0.39 is 0 Å². The highest BCUT2D eigenvalue weighted by Crippen LogP contribution is 2.18. The largest absolute Gasteiger partial charge is 0.377 e. The van der Waals surface area contributed by atoms with Crippen LogP contribution in [0.2, 0.25) is 0 Å². The first-order valence-electron chi connectivity index (χ1n) is 5.04.